The standard InChI is InChI=1S/C33H50FN6O14P/c34-25-14-11-21(20-37-25)30(46)36-18-6-1-3-9-26(41)35-17-5-2-4-10-27(42)39-23(32(49)50)12-15-28(43)38-22(31(47)48)8-7-19-54-40(55-53)24(33(51)52)13-16-29(44)45/h11,14,20,22-24,53,55H,1-10,12-13,15-19H2,(H,35,41)(H,36,46)(H,38,43)(H,39,42)(H,44,45)(H,47,48)(H,49,50)(H,51,52)/t22-,23-,24-/m0/s1. The van der Waals surface area contributed by atoms with Gasteiger partial charge in [-0.2, -0.15) is 4.39 Å². The van der Waals surface area contributed by atoms with Crippen molar-refractivity contribution in [3.8, 4) is 0 Å². The summed E-state index contributed by atoms with van der Waals surface area (Å²) in [4.78, 5) is 113. The minimum Gasteiger partial charge on any atom is -0.481 e. The van der Waals surface area contributed by atoms with Gasteiger partial charge in [-0.1, -0.05) is 12.8 Å². The number of aliphatic carboxylic acids is 4. The van der Waals surface area contributed by atoms with Gasteiger partial charge in [0, 0.05) is 45.0 Å². The van der Waals surface area contributed by atoms with Gasteiger partial charge in [-0.3, -0.25) is 33.6 Å². The second kappa shape index (κ2) is 27.7. The Morgan fingerprint density at radius 2 is 1.27 bits per heavy atom. The minimum absolute atomic E-state index is 0.00225. The number of aromatic nitrogens is 1. The van der Waals surface area contributed by atoms with Crippen LogP contribution in [0, 0.1) is 5.95 Å². The lowest BCUT2D eigenvalue weighted by Gasteiger charge is -2.25. The molecule has 0 bridgehead atoms. The molecule has 0 fully saturated rings. The van der Waals surface area contributed by atoms with Gasteiger partial charge >= 0.3 is 23.9 Å². The fourth-order valence-corrected chi connectivity index (χ4v) is 5.40. The van der Waals surface area contributed by atoms with Gasteiger partial charge < -0.3 is 46.6 Å². The van der Waals surface area contributed by atoms with Crippen LogP contribution in [0.25, 0.3) is 0 Å². The number of carboxylic acid groups (broad SMARTS) is 4. The summed E-state index contributed by atoms with van der Waals surface area (Å²) >= 11 is 0. The largest absolute Gasteiger partial charge is 0.481 e. The number of rotatable bonds is 31. The number of halogens is 1. The lowest BCUT2D eigenvalue weighted by atomic mass is 10.1. The van der Waals surface area contributed by atoms with Crippen molar-refractivity contribution < 1.29 is 72.9 Å². The molecule has 20 nitrogen and oxygen atoms in total. The normalized spacial score (nSPS) is 12.8. The molecular formula is C33H50FN6O14P. The van der Waals surface area contributed by atoms with Gasteiger partial charge in [0.1, 0.15) is 27.1 Å². The van der Waals surface area contributed by atoms with Crippen molar-refractivity contribution in [1.82, 2.24) is 31.1 Å². The van der Waals surface area contributed by atoms with E-state index in [0.29, 0.717) is 62.9 Å². The molecule has 0 aromatic carbocycles. The third kappa shape index (κ3) is 22.2. The Labute approximate surface area is 317 Å². The van der Waals surface area contributed by atoms with Crippen LogP contribution < -0.4 is 21.3 Å². The summed E-state index contributed by atoms with van der Waals surface area (Å²) in [5, 5.41) is 47.2. The quantitative estimate of drug-likeness (QED) is 0.0218. The van der Waals surface area contributed by atoms with Crippen LogP contribution in [0.15, 0.2) is 18.3 Å². The van der Waals surface area contributed by atoms with Crippen molar-refractivity contribution in [1.29, 1.82) is 0 Å². The molecule has 0 spiro atoms. The fraction of sp³-hybridized carbons (Fsp3) is 0.606. The number of carbonyl (C=O) groups excluding carboxylic acids is 4. The maximum atomic E-state index is 12.8. The topological polar surface area (TPSA) is 311 Å². The van der Waals surface area contributed by atoms with Crippen LogP contribution in [0.3, 0.4) is 0 Å². The molecule has 0 radical (unpaired) electrons. The highest BCUT2D eigenvalue weighted by Crippen LogP contribution is 2.22. The van der Waals surface area contributed by atoms with Crippen molar-refractivity contribution in [2.75, 3.05) is 19.7 Å². The second-order valence-corrected chi connectivity index (χ2v) is 12.9. The molecule has 1 aromatic heterocycles. The predicted molar refractivity (Wildman–Crippen MR) is 191 cm³/mol. The van der Waals surface area contributed by atoms with Gasteiger partial charge in [0.25, 0.3) is 5.91 Å². The van der Waals surface area contributed by atoms with Crippen LogP contribution in [0.4, 0.5) is 4.39 Å². The summed E-state index contributed by atoms with van der Waals surface area (Å²) in [6.45, 7) is 0.521. The average Bonchev–Trinajstić information content (AvgIpc) is 3.12. The van der Waals surface area contributed by atoms with E-state index in [2.05, 4.69) is 26.3 Å². The Bertz CT molecular complexity index is 1420. The molecule has 55 heavy (non-hydrogen) atoms. The predicted octanol–water partition coefficient (Wildman–Crippen LogP) is 0.939. The van der Waals surface area contributed by atoms with E-state index in [1.165, 1.54) is 6.07 Å². The highest BCUT2D eigenvalue weighted by molar-refractivity contribution is 7.28. The first kappa shape index (κ1) is 48.2. The molecule has 22 heteroatoms. The molecule has 308 valence electrons. The highest BCUT2D eigenvalue weighted by atomic mass is 31.1. The number of carboxylic acids is 4. The van der Waals surface area contributed by atoms with Crippen LogP contribution in [-0.4, -0.2) is 120 Å². The highest BCUT2D eigenvalue weighted by Gasteiger charge is 2.28. The molecule has 1 heterocycles. The number of amides is 4. The number of nitrogens with one attached hydrogen (secondary N) is 4. The molecule has 0 aliphatic heterocycles. The molecule has 0 saturated carbocycles. The summed E-state index contributed by atoms with van der Waals surface area (Å²) in [5.74, 6) is -7.99. The first-order valence-electron chi connectivity index (χ1n) is 17.6. The van der Waals surface area contributed by atoms with E-state index in [1.807, 2.05) is 0 Å². The Kier molecular flexibility index (Phi) is 24.3. The van der Waals surface area contributed by atoms with Crippen LogP contribution in [0.1, 0.15) is 100 Å². The molecule has 4 amide bonds. The molecule has 4 atom stereocenters. The van der Waals surface area contributed by atoms with Crippen LogP contribution in [0.5, 0.6) is 0 Å². The molecule has 1 aromatic rings. The first-order chi connectivity index (χ1) is 26.1. The first-order valence-corrected chi connectivity index (χ1v) is 18.5. The van der Waals surface area contributed by atoms with Gasteiger partial charge in [-0.15, -0.1) is 4.83 Å². The van der Waals surface area contributed by atoms with Crippen molar-refractivity contribution in [3.63, 3.8) is 0 Å². The summed E-state index contributed by atoms with van der Waals surface area (Å²) in [6.07, 6.45) is 3.19. The van der Waals surface area contributed by atoms with Crippen molar-refractivity contribution in [2.24, 2.45) is 0 Å². The zero-order chi connectivity index (χ0) is 41.2. The van der Waals surface area contributed by atoms with E-state index < -0.39 is 81.6 Å². The number of hydrogen-bond acceptors (Lipinski definition) is 12. The summed E-state index contributed by atoms with van der Waals surface area (Å²) in [5.41, 5.74) is 0.251. The molecule has 0 saturated heterocycles. The number of hydrogen-bond donors (Lipinski definition) is 9. The Hall–Kier alpha value is -4.85. The Morgan fingerprint density at radius 1 is 0.691 bits per heavy atom. The van der Waals surface area contributed by atoms with E-state index in [4.69, 9.17) is 9.94 Å². The molecule has 0 aliphatic carbocycles. The molecule has 1 unspecified atom stereocenters. The number of carbonyl (C=O) groups is 8. The third-order valence-electron chi connectivity index (χ3n) is 7.85. The van der Waals surface area contributed by atoms with Crippen LogP contribution in [-0.2, 0) is 38.4 Å². The van der Waals surface area contributed by atoms with E-state index in [9.17, 15) is 63.0 Å². The smallest absolute Gasteiger partial charge is 0.326 e. The van der Waals surface area contributed by atoms with Gasteiger partial charge in [-0.05, 0) is 63.5 Å². The number of pyridine rings is 1. The van der Waals surface area contributed by atoms with E-state index >= 15 is 0 Å². The Morgan fingerprint density at radius 3 is 1.82 bits per heavy atom. The lowest BCUT2D eigenvalue weighted by molar-refractivity contribution is -0.164. The molecule has 0 aliphatic rings. The third-order valence-corrected chi connectivity index (χ3v) is 8.49. The molecule has 1 rings (SSSR count). The Balaban J connectivity index is 2.26. The monoisotopic (exact) mass is 804 g/mol. The molecular weight excluding hydrogens is 754 g/mol. The zero-order valence-corrected chi connectivity index (χ0v) is 31.2. The van der Waals surface area contributed by atoms with Crippen LogP contribution >= 0.6 is 8.96 Å². The van der Waals surface area contributed by atoms with Gasteiger partial charge in [0.2, 0.25) is 23.7 Å². The number of nitrogens with zero attached hydrogens (tertiary/aromatic N) is 2. The van der Waals surface area contributed by atoms with Crippen molar-refractivity contribution >= 4 is 56.5 Å². The van der Waals surface area contributed by atoms with Crippen LogP contribution in [0.2, 0.25) is 0 Å². The maximum Gasteiger partial charge on any atom is 0.326 e. The minimum atomic E-state index is -1.46. The second-order valence-electron chi connectivity index (χ2n) is 12.2. The zero-order valence-electron chi connectivity index (χ0n) is 30.2. The number of unbranched alkanes of at least 4 members (excludes halogenated alkanes) is 4. The summed E-state index contributed by atoms with van der Waals surface area (Å²) < 4.78 is 12.8. The van der Waals surface area contributed by atoms with Gasteiger partial charge in [-0.25, -0.2) is 14.6 Å². The summed E-state index contributed by atoms with van der Waals surface area (Å²) in [7, 11) is -1.15. The number of hydroxylamine groups is 1. The van der Waals surface area contributed by atoms with Gasteiger partial charge in [0.05, 0.1) is 12.2 Å². The SMILES string of the molecule is O=C(O)CC[C@@H](C(=O)O)N(OCCC[C@H](NC(=O)CC[C@H](NC(=O)CCCCCNC(=O)CCCCCNC(=O)c1ccc(F)nc1)C(=O)O)C(=O)O)PO. The fourth-order valence-electron chi connectivity index (χ4n) is 4.87. The van der Waals surface area contributed by atoms with Crippen molar-refractivity contribution in [3.05, 3.63) is 29.8 Å². The maximum absolute atomic E-state index is 12.8. The summed E-state index contributed by atoms with van der Waals surface area (Å²) in [6, 6.07) is -1.85. The van der Waals surface area contributed by atoms with E-state index in [1.54, 1.807) is 0 Å². The molecule has 9 N–H and O–H groups in total. The lowest BCUT2D eigenvalue weighted by Crippen LogP contribution is -2.44. The van der Waals surface area contributed by atoms with Gasteiger partial charge in [0.15, 0.2) is 0 Å². The average molecular weight is 805 g/mol. The van der Waals surface area contributed by atoms with E-state index in [0.717, 1.165) is 12.3 Å². The van der Waals surface area contributed by atoms with Crippen molar-refractivity contribution in [2.45, 2.75) is 108 Å². The van der Waals surface area contributed by atoms with E-state index in [-0.39, 0.29) is 56.1 Å².